The predicted octanol–water partition coefficient (Wildman–Crippen LogP) is 2.30. The quantitative estimate of drug-likeness (QED) is 0.861. The Morgan fingerprint density at radius 3 is 2.47 bits per heavy atom. The summed E-state index contributed by atoms with van der Waals surface area (Å²) in [6.07, 6.45) is 1.81. The molecule has 2 N–H and O–H groups in total. The van der Waals surface area contributed by atoms with E-state index in [1.165, 1.54) is 0 Å². The van der Waals surface area contributed by atoms with Gasteiger partial charge in [0.05, 0.1) is 16.4 Å². The normalized spacial score (nSPS) is 13.5. The summed E-state index contributed by atoms with van der Waals surface area (Å²) in [6, 6.07) is 0.164. The molecule has 0 saturated heterocycles. The lowest BCUT2D eigenvalue weighted by Gasteiger charge is -2.14. The van der Waals surface area contributed by atoms with Gasteiger partial charge < -0.3 is 5.73 Å². The highest BCUT2D eigenvalue weighted by atomic mass is 35.5. The van der Waals surface area contributed by atoms with Crippen molar-refractivity contribution in [2.24, 2.45) is 18.7 Å². The van der Waals surface area contributed by atoms with Gasteiger partial charge in [-0.2, -0.15) is 5.10 Å². The number of rotatable bonds is 4. The van der Waals surface area contributed by atoms with Gasteiger partial charge in [0.25, 0.3) is 0 Å². The number of hydrogen-bond donors (Lipinski definition) is 1. The molecule has 3 nitrogen and oxygen atoms in total. The van der Waals surface area contributed by atoms with E-state index in [-0.39, 0.29) is 6.04 Å². The van der Waals surface area contributed by atoms with E-state index in [0.717, 1.165) is 29.3 Å². The highest BCUT2D eigenvalue weighted by molar-refractivity contribution is 6.31. The van der Waals surface area contributed by atoms with Crippen molar-refractivity contribution in [1.82, 2.24) is 9.78 Å². The third-order valence-corrected chi connectivity index (χ3v) is 2.98. The minimum absolute atomic E-state index is 0.164. The molecule has 0 bridgehead atoms. The van der Waals surface area contributed by atoms with Gasteiger partial charge in [0.2, 0.25) is 0 Å². The number of nitrogens with two attached hydrogens (primary N) is 1. The average molecular weight is 230 g/mol. The van der Waals surface area contributed by atoms with Crippen LogP contribution in [0.3, 0.4) is 0 Å². The zero-order chi connectivity index (χ0) is 11.6. The first-order chi connectivity index (χ1) is 6.91. The smallest absolute Gasteiger partial charge is 0.0847 e. The maximum absolute atomic E-state index is 6.16. The van der Waals surface area contributed by atoms with Gasteiger partial charge in [-0.05, 0) is 19.3 Å². The second-order valence-corrected chi connectivity index (χ2v) is 4.94. The Balaban J connectivity index is 2.71. The van der Waals surface area contributed by atoms with Crippen LogP contribution in [0.25, 0.3) is 0 Å². The zero-order valence-corrected chi connectivity index (χ0v) is 10.7. The van der Waals surface area contributed by atoms with E-state index >= 15 is 0 Å². The van der Waals surface area contributed by atoms with Crippen LogP contribution in [-0.2, 0) is 13.5 Å². The van der Waals surface area contributed by atoms with Crippen LogP contribution in [0.4, 0.5) is 0 Å². The summed E-state index contributed by atoms with van der Waals surface area (Å²) in [5.41, 5.74) is 7.98. The standard InChI is InChI=1S/C11H20ClN3/c1-7(2)5-9(13)6-10-11(12)8(3)14-15(10)4/h7,9H,5-6,13H2,1-4H3. The van der Waals surface area contributed by atoms with E-state index in [0.29, 0.717) is 5.92 Å². The predicted molar refractivity (Wildman–Crippen MR) is 64.1 cm³/mol. The number of aryl methyl sites for hydroxylation is 2. The van der Waals surface area contributed by atoms with Crippen LogP contribution in [0, 0.1) is 12.8 Å². The molecule has 1 atom stereocenters. The van der Waals surface area contributed by atoms with Gasteiger partial charge >= 0.3 is 0 Å². The monoisotopic (exact) mass is 229 g/mol. The lowest BCUT2D eigenvalue weighted by atomic mass is 10.0. The van der Waals surface area contributed by atoms with E-state index in [9.17, 15) is 0 Å². The fraction of sp³-hybridized carbons (Fsp3) is 0.727. The molecule has 1 heterocycles. The number of aromatic nitrogens is 2. The van der Waals surface area contributed by atoms with Crippen LogP contribution in [0.15, 0.2) is 0 Å². The molecule has 1 rings (SSSR count). The van der Waals surface area contributed by atoms with E-state index in [1.54, 1.807) is 0 Å². The van der Waals surface area contributed by atoms with Crippen molar-refractivity contribution in [3.8, 4) is 0 Å². The summed E-state index contributed by atoms with van der Waals surface area (Å²) in [7, 11) is 1.91. The minimum Gasteiger partial charge on any atom is -0.327 e. The Bertz CT molecular complexity index is 331. The number of nitrogens with zero attached hydrogens (tertiary/aromatic N) is 2. The molecule has 0 radical (unpaired) electrons. The maximum Gasteiger partial charge on any atom is 0.0847 e. The molecule has 0 fully saturated rings. The van der Waals surface area contributed by atoms with Gasteiger partial charge in [-0.3, -0.25) is 4.68 Å². The molecule has 4 heteroatoms. The van der Waals surface area contributed by atoms with E-state index < -0.39 is 0 Å². The fourth-order valence-corrected chi connectivity index (χ4v) is 2.08. The zero-order valence-electron chi connectivity index (χ0n) is 9.92. The molecule has 0 aliphatic carbocycles. The Hall–Kier alpha value is -0.540. The number of halogens is 1. The topological polar surface area (TPSA) is 43.8 Å². The Morgan fingerprint density at radius 1 is 1.47 bits per heavy atom. The summed E-state index contributed by atoms with van der Waals surface area (Å²) >= 11 is 6.16. The molecule has 0 aromatic carbocycles. The minimum atomic E-state index is 0.164. The second kappa shape index (κ2) is 4.99. The molecule has 1 aromatic heterocycles. The van der Waals surface area contributed by atoms with Crippen molar-refractivity contribution in [1.29, 1.82) is 0 Å². The third kappa shape index (κ3) is 3.21. The van der Waals surface area contributed by atoms with Crippen molar-refractivity contribution in [2.45, 2.75) is 39.7 Å². The lowest BCUT2D eigenvalue weighted by molar-refractivity contribution is 0.483. The van der Waals surface area contributed by atoms with Crippen molar-refractivity contribution >= 4 is 11.6 Å². The van der Waals surface area contributed by atoms with Crippen LogP contribution in [0.5, 0.6) is 0 Å². The first-order valence-corrected chi connectivity index (χ1v) is 5.73. The van der Waals surface area contributed by atoms with Gasteiger partial charge in [0, 0.05) is 19.5 Å². The van der Waals surface area contributed by atoms with Gasteiger partial charge in [0.1, 0.15) is 0 Å². The first-order valence-electron chi connectivity index (χ1n) is 5.35. The molecule has 1 unspecified atom stereocenters. The first kappa shape index (κ1) is 12.5. The molecule has 0 aliphatic heterocycles. The third-order valence-electron chi connectivity index (χ3n) is 2.49. The Kier molecular flexibility index (Phi) is 4.17. The van der Waals surface area contributed by atoms with Crippen molar-refractivity contribution in [3.05, 3.63) is 16.4 Å². The molecule has 0 spiro atoms. The summed E-state index contributed by atoms with van der Waals surface area (Å²) in [5, 5.41) is 5.03. The largest absolute Gasteiger partial charge is 0.327 e. The van der Waals surface area contributed by atoms with E-state index in [4.69, 9.17) is 17.3 Å². The van der Waals surface area contributed by atoms with Gasteiger partial charge in [-0.15, -0.1) is 0 Å². The maximum atomic E-state index is 6.16. The highest BCUT2D eigenvalue weighted by Crippen LogP contribution is 2.21. The summed E-state index contributed by atoms with van der Waals surface area (Å²) in [6.45, 7) is 6.27. The fourth-order valence-electron chi connectivity index (χ4n) is 1.84. The van der Waals surface area contributed by atoms with Crippen molar-refractivity contribution < 1.29 is 0 Å². The highest BCUT2D eigenvalue weighted by Gasteiger charge is 2.15. The van der Waals surface area contributed by atoms with Crippen molar-refractivity contribution in [2.75, 3.05) is 0 Å². The van der Waals surface area contributed by atoms with Gasteiger partial charge in [-0.1, -0.05) is 25.4 Å². The van der Waals surface area contributed by atoms with Gasteiger partial charge in [0.15, 0.2) is 0 Å². The molecule has 86 valence electrons. The van der Waals surface area contributed by atoms with Crippen LogP contribution in [0.2, 0.25) is 5.02 Å². The van der Waals surface area contributed by atoms with Crippen LogP contribution >= 0.6 is 11.6 Å². The van der Waals surface area contributed by atoms with Crippen LogP contribution in [0.1, 0.15) is 31.7 Å². The Morgan fingerprint density at radius 2 is 2.07 bits per heavy atom. The Labute approximate surface area is 96.6 Å². The SMILES string of the molecule is Cc1nn(C)c(CC(N)CC(C)C)c1Cl. The molecule has 0 aliphatic rings. The molecule has 15 heavy (non-hydrogen) atoms. The summed E-state index contributed by atoms with van der Waals surface area (Å²) in [4.78, 5) is 0. The molecule has 1 aromatic rings. The van der Waals surface area contributed by atoms with Gasteiger partial charge in [-0.25, -0.2) is 0 Å². The lowest BCUT2D eigenvalue weighted by Crippen LogP contribution is -2.25. The molecule has 0 saturated carbocycles. The number of hydrogen-bond acceptors (Lipinski definition) is 2. The van der Waals surface area contributed by atoms with E-state index in [1.807, 2.05) is 18.7 Å². The molecule has 0 amide bonds. The van der Waals surface area contributed by atoms with Crippen molar-refractivity contribution in [3.63, 3.8) is 0 Å². The summed E-state index contributed by atoms with van der Waals surface area (Å²) in [5.74, 6) is 0.619. The molecular formula is C11H20ClN3. The average Bonchev–Trinajstić information content (AvgIpc) is 2.31. The van der Waals surface area contributed by atoms with Crippen LogP contribution < -0.4 is 5.73 Å². The van der Waals surface area contributed by atoms with E-state index in [2.05, 4.69) is 18.9 Å². The second-order valence-electron chi connectivity index (χ2n) is 4.56. The van der Waals surface area contributed by atoms with Crippen LogP contribution in [-0.4, -0.2) is 15.8 Å². The summed E-state index contributed by atoms with van der Waals surface area (Å²) < 4.78 is 1.83. The molecular weight excluding hydrogens is 210 g/mol.